The Hall–Kier alpha value is -1.94. The third-order valence-electron chi connectivity index (χ3n) is 5.15. The number of carbonyl (C=O) groups excluding carboxylic acids is 1. The molecule has 1 aliphatic heterocycles. The number of benzene rings is 1. The summed E-state index contributed by atoms with van der Waals surface area (Å²) in [6.07, 6.45) is 2.12. The minimum absolute atomic E-state index is 0.0720. The van der Waals surface area contributed by atoms with E-state index in [0.717, 1.165) is 47.4 Å². The van der Waals surface area contributed by atoms with E-state index in [4.69, 9.17) is 4.98 Å². The highest BCUT2D eigenvalue weighted by atomic mass is 16.2. The average molecular weight is 339 g/mol. The average Bonchev–Trinajstić information content (AvgIpc) is 2.56. The number of piperidine rings is 1. The lowest BCUT2D eigenvalue weighted by Gasteiger charge is -2.34. The van der Waals surface area contributed by atoms with Crippen LogP contribution in [-0.4, -0.2) is 35.4 Å². The number of carbonyl (C=O) groups is 1. The number of amides is 1. The molecule has 0 radical (unpaired) electrons. The molecular formula is C21H29N3O. The molecule has 2 aromatic rings. The van der Waals surface area contributed by atoms with Crippen molar-refractivity contribution in [3.8, 4) is 0 Å². The molecule has 1 amide bonds. The van der Waals surface area contributed by atoms with E-state index in [1.54, 1.807) is 0 Å². The van der Waals surface area contributed by atoms with Gasteiger partial charge in [0.1, 0.15) is 0 Å². The minimum Gasteiger partial charge on any atom is -0.324 e. The fraction of sp³-hybridized carbons (Fsp3) is 0.524. The number of para-hydroxylation sites is 1. The van der Waals surface area contributed by atoms with Crippen LogP contribution in [0.4, 0.5) is 5.69 Å². The van der Waals surface area contributed by atoms with Gasteiger partial charge in [-0.15, -0.1) is 0 Å². The summed E-state index contributed by atoms with van der Waals surface area (Å²) in [6.45, 7) is 11.2. The summed E-state index contributed by atoms with van der Waals surface area (Å²) in [5.74, 6) is 1.39. The second-order valence-electron chi connectivity index (χ2n) is 7.62. The molecule has 1 aliphatic rings. The van der Waals surface area contributed by atoms with Crippen molar-refractivity contribution in [1.82, 2.24) is 9.88 Å². The molecule has 4 nitrogen and oxygen atoms in total. The number of nitrogens with zero attached hydrogens (tertiary/aromatic N) is 2. The maximum atomic E-state index is 12.7. The lowest BCUT2D eigenvalue weighted by molar-refractivity contribution is -0.117. The molecule has 0 unspecified atom stereocenters. The Labute approximate surface area is 150 Å². The normalized spacial score (nSPS) is 21.4. The van der Waals surface area contributed by atoms with Crippen molar-refractivity contribution < 1.29 is 4.79 Å². The third kappa shape index (κ3) is 4.01. The number of hydrogen-bond acceptors (Lipinski definition) is 3. The van der Waals surface area contributed by atoms with E-state index in [9.17, 15) is 4.79 Å². The summed E-state index contributed by atoms with van der Waals surface area (Å²) in [4.78, 5) is 19.7. The van der Waals surface area contributed by atoms with E-state index in [2.05, 4.69) is 37.9 Å². The third-order valence-corrected chi connectivity index (χ3v) is 5.15. The number of aryl methyl sites for hydroxylation is 1. The van der Waals surface area contributed by atoms with Crippen molar-refractivity contribution in [3.05, 3.63) is 35.5 Å². The largest absolute Gasteiger partial charge is 0.324 e. The monoisotopic (exact) mass is 339 g/mol. The Morgan fingerprint density at radius 3 is 2.60 bits per heavy atom. The van der Waals surface area contributed by atoms with Crippen LogP contribution in [0.5, 0.6) is 0 Å². The molecule has 134 valence electrons. The van der Waals surface area contributed by atoms with Gasteiger partial charge in [0.05, 0.1) is 17.7 Å². The number of rotatable bonds is 4. The number of pyridine rings is 1. The van der Waals surface area contributed by atoms with Crippen LogP contribution in [-0.2, 0) is 11.2 Å². The number of nitrogens with one attached hydrogen (secondary N) is 1. The van der Waals surface area contributed by atoms with Crippen LogP contribution < -0.4 is 5.32 Å². The maximum absolute atomic E-state index is 12.7. The van der Waals surface area contributed by atoms with Crippen LogP contribution in [0.15, 0.2) is 24.3 Å². The van der Waals surface area contributed by atoms with Gasteiger partial charge in [0.2, 0.25) is 5.91 Å². The van der Waals surface area contributed by atoms with Crippen molar-refractivity contribution >= 4 is 22.5 Å². The van der Waals surface area contributed by atoms with E-state index in [0.29, 0.717) is 18.4 Å². The Morgan fingerprint density at radius 2 is 1.92 bits per heavy atom. The highest BCUT2D eigenvalue weighted by Crippen LogP contribution is 2.28. The highest BCUT2D eigenvalue weighted by Gasteiger charge is 2.23. The van der Waals surface area contributed by atoms with Gasteiger partial charge in [0.15, 0.2) is 0 Å². The predicted molar refractivity (Wildman–Crippen MR) is 104 cm³/mol. The van der Waals surface area contributed by atoms with E-state index in [1.807, 2.05) is 24.3 Å². The molecule has 1 N–H and O–H groups in total. The molecule has 0 aliphatic carbocycles. The fourth-order valence-electron chi connectivity index (χ4n) is 4.17. The standard InChI is InChI=1S/C21H29N3O/c1-5-18-16(4)21(17-8-6-7-9-19(17)22-18)23-20(25)13-24-11-14(2)10-15(3)12-24/h6-9,14-15H,5,10-13H2,1-4H3,(H,22,23,25)/t14-,15-/m0/s1. The van der Waals surface area contributed by atoms with Gasteiger partial charge in [-0.2, -0.15) is 0 Å². The van der Waals surface area contributed by atoms with Gasteiger partial charge >= 0.3 is 0 Å². The topological polar surface area (TPSA) is 45.2 Å². The first kappa shape index (κ1) is 17.9. The Kier molecular flexibility index (Phi) is 5.38. The van der Waals surface area contributed by atoms with Gasteiger partial charge in [-0.3, -0.25) is 14.7 Å². The van der Waals surface area contributed by atoms with Crippen molar-refractivity contribution in [1.29, 1.82) is 0 Å². The summed E-state index contributed by atoms with van der Waals surface area (Å²) < 4.78 is 0. The Morgan fingerprint density at radius 1 is 1.24 bits per heavy atom. The highest BCUT2D eigenvalue weighted by molar-refractivity contribution is 6.03. The molecule has 2 heterocycles. The zero-order chi connectivity index (χ0) is 18.0. The zero-order valence-corrected chi connectivity index (χ0v) is 15.8. The molecule has 1 saturated heterocycles. The van der Waals surface area contributed by atoms with Gasteiger partial charge < -0.3 is 5.32 Å². The Balaban J connectivity index is 1.82. The Bertz CT molecular complexity index is 761. The molecule has 2 atom stereocenters. The first-order chi connectivity index (χ1) is 12.0. The van der Waals surface area contributed by atoms with Crippen LogP contribution >= 0.6 is 0 Å². The van der Waals surface area contributed by atoms with Crippen LogP contribution in [0.25, 0.3) is 10.9 Å². The quantitative estimate of drug-likeness (QED) is 0.915. The van der Waals surface area contributed by atoms with E-state index in [-0.39, 0.29) is 5.91 Å². The molecule has 0 bridgehead atoms. The summed E-state index contributed by atoms with van der Waals surface area (Å²) in [5.41, 5.74) is 4.00. The first-order valence-corrected chi connectivity index (χ1v) is 9.38. The molecule has 0 saturated carbocycles. The second-order valence-corrected chi connectivity index (χ2v) is 7.62. The minimum atomic E-state index is 0.0720. The molecule has 0 spiro atoms. The number of fused-ring (bicyclic) bond motifs is 1. The van der Waals surface area contributed by atoms with Gasteiger partial charge in [-0.25, -0.2) is 0 Å². The van der Waals surface area contributed by atoms with Gasteiger partial charge in [-0.05, 0) is 43.2 Å². The molecule has 3 rings (SSSR count). The van der Waals surface area contributed by atoms with Crippen LogP contribution in [0.3, 0.4) is 0 Å². The summed E-state index contributed by atoms with van der Waals surface area (Å²) >= 11 is 0. The molecule has 1 fully saturated rings. The predicted octanol–water partition coefficient (Wildman–Crippen LogP) is 4.02. The van der Waals surface area contributed by atoms with Crippen LogP contribution in [0, 0.1) is 18.8 Å². The second kappa shape index (κ2) is 7.52. The van der Waals surface area contributed by atoms with E-state index < -0.39 is 0 Å². The molecule has 25 heavy (non-hydrogen) atoms. The number of hydrogen-bond donors (Lipinski definition) is 1. The molecule has 1 aromatic heterocycles. The number of anilines is 1. The van der Waals surface area contributed by atoms with Crippen LogP contribution in [0.1, 0.15) is 38.4 Å². The van der Waals surface area contributed by atoms with Gasteiger partial charge in [0.25, 0.3) is 0 Å². The van der Waals surface area contributed by atoms with Crippen molar-refractivity contribution in [2.24, 2.45) is 11.8 Å². The summed E-state index contributed by atoms with van der Waals surface area (Å²) in [5, 5.41) is 4.20. The summed E-state index contributed by atoms with van der Waals surface area (Å²) in [7, 11) is 0. The maximum Gasteiger partial charge on any atom is 0.238 e. The van der Waals surface area contributed by atoms with Crippen LogP contribution in [0.2, 0.25) is 0 Å². The molecular weight excluding hydrogens is 310 g/mol. The fourth-order valence-corrected chi connectivity index (χ4v) is 4.17. The van der Waals surface area contributed by atoms with E-state index >= 15 is 0 Å². The lowest BCUT2D eigenvalue weighted by atomic mass is 9.92. The van der Waals surface area contributed by atoms with Gasteiger partial charge in [0, 0.05) is 24.2 Å². The zero-order valence-electron chi connectivity index (χ0n) is 15.8. The summed E-state index contributed by atoms with van der Waals surface area (Å²) in [6, 6.07) is 8.04. The molecule has 1 aromatic carbocycles. The number of likely N-dealkylation sites (tertiary alicyclic amines) is 1. The molecule has 4 heteroatoms. The van der Waals surface area contributed by atoms with Crippen molar-refractivity contribution in [2.75, 3.05) is 25.0 Å². The SMILES string of the molecule is CCc1nc2ccccc2c(NC(=O)CN2C[C@@H](C)C[C@H](C)C2)c1C. The number of aromatic nitrogens is 1. The lowest BCUT2D eigenvalue weighted by Crippen LogP contribution is -2.42. The first-order valence-electron chi connectivity index (χ1n) is 9.38. The van der Waals surface area contributed by atoms with Crippen molar-refractivity contribution in [3.63, 3.8) is 0 Å². The smallest absolute Gasteiger partial charge is 0.238 e. The van der Waals surface area contributed by atoms with E-state index in [1.165, 1.54) is 6.42 Å². The van der Waals surface area contributed by atoms with Crippen molar-refractivity contribution in [2.45, 2.75) is 40.5 Å². The van der Waals surface area contributed by atoms with Gasteiger partial charge in [-0.1, -0.05) is 39.0 Å².